The number of nitrogens with one attached hydrogen (secondary N) is 1. The molecule has 0 aliphatic heterocycles. The highest BCUT2D eigenvalue weighted by molar-refractivity contribution is 5.77. The molecule has 0 bridgehead atoms. The van der Waals surface area contributed by atoms with Gasteiger partial charge in [-0.05, 0) is 23.8 Å². The minimum absolute atomic E-state index is 0.140. The highest BCUT2D eigenvalue weighted by Gasteiger charge is 2.39. The molecular formula is C16H15F3N4O. The molecule has 0 aliphatic rings. The van der Waals surface area contributed by atoms with Crippen LogP contribution in [0.1, 0.15) is 5.56 Å². The fraction of sp³-hybridized carbons (Fsp3) is 0.250. The lowest BCUT2D eigenvalue weighted by Gasteiger charge is -2.25. The summed E-state index contributed by atoms with van der Waals surface area (Å²) in [6, 6.07) is 10.6. The van der Waals surface area contributed by atoms with E-state index in [1.165, 1.54) is 4.90 Å². The number of rotatable bonds is 5. The first-order chi connectivity index (χ1) is 11.4. The molecule has 0 amide bonds. The number of aliphatic hydroxyl groups is 1. The maximum absolute atomic E-state index is 12.7. The van der Waals surface area contributed by atoms with E-state index in [-0.39, 0.29) is 12.5 Å². The Hall–Kier alpha value is -2.61. The predicted molar refractivity (Wildman–Crippen MR) is 83.4 cm³/mol. The maximum atomic E-state index is 12.7. The Kier molecular flexibility index (Phi) is 4.39. The third kappa shape index (κ3) is 3.65. The van der Waals surface area contributed by atoms with Crippen molar-refractivity contribution in [1.82, 2.24) is 15.0 Å². The van der Waals surface area contributed by atoms with E-state index in [1.807, 2.05) is 0 Å². The van der Waals surface area contributed by atoms with Crippen molar-refractivity contribution in [2.75, 3.05) is 11.4 Å². The lowest BCUT2D eigenvalue weighted by molar-refractivity contribution is -0.200. The molecule has 1 atom stereocenters. The number of aromatic amines is 1. The molecule has 8 heteroatoms. The van der Waals surface area contributed by atoms with Gasteiger partial charge in [-0.2, -0.15) is 13.2 Å². The van der Waals surface area contributed by atoms with Crippen molar-refractivity contribution in [3.63, 3.8) is 0 Å². The van der Waals surface area contributed by atoms with Gasteiger partial charge < -0.3 is 15.0 Å². The van der Waals surface area contributed by atoms with Crippen molar-refractivity contribution >= 4 is 17.0 Å². The van der Waals surface area contributed by atoms with Crippen LogP contribution >= 0.6 is 0 Å². The highest BCUT2D eigenvalue weighted by Crippen LogP contribution is 2.24. The molecule has 0 fully saturated rings. The van der Waals surface area contributed by atoms with Crippen LogP contribution in [-0.4, -0.2) is 38.9 Å². The largest absolute Gasteiger partial charge is 0.416 e. The number of benzene rings is 1. The number of halogens is 3. The van der Waals surface area contributed by atoms with Crippen molar-refractivity contribution in [2.24, 2.45) is 0 Å². The second kappa shape index (κ2) is 6.48. The predicted octanol–water partition coefficient (Wildman–Crippen LogP) is 2.89. The van der Waals surface area contributed by atoms with E-state index in [0.717, 1.165) is 0 Å². The van der Waals surface area contributed by atoms with Crippen LogP contribution in [0.25, 0.3) is 11.0 Å². The van der Waals surface area contributed by atoms with E-state index in [1.54, 1.807) is 48.8 Å². The number of fused-ring (bicyclic) bond motifs is 1. The van der Waals surface area contributed by atoms with E-state index < -0.39 is 18.8 Å². The minimum atomic E-state index is -4.70. The molecule has 3 rings (SSSR count). The van der Waals surface area contributed by atoms with Crippen LogP contribution in [0.3, 0.4) is 0 Å². The summed E-state index contributed by atoms with van der Waals surface area (Å²) in [4.78, 5) is 12.6. The van der Waals surface area contributed by atoms with Gasteiger partial charge >= 0.3 is 6.18 Å². The minimum Gasteiger partial charge on any atom is -0.382 e. The van der Waals surface area contributed by atoms with Crippen LogP contribution < -0.4 is 4.90 Å². The summed E-state index contributed by atoms with van der Waals surface area (Å²) in [6.45, 7) is -0.487. The molecule has 24 heavy (non-hydrogen) atoms. The molecule has 2 aromatic heterocycles. The molecule has 0 unspecified atom stereocenters. The zero-order chi connectivity index (χ0) is 17.2. The second-order valence-electron chi connectivity index (χ2n) is 5.38. The Balaban J connectivity index is 1.91. The van der Waals surface area contributed by atoms with E-state index in [0.29, 0.717) is 16.6 Å². The van der Waals surface area contributed by atoms with E-state index in [9.17, 15) is 18.3 Å². The average molecular weight is 336 g/mol. The fourth-order valence-electron chi connectivity index (χ4n) is 2.34. The van der Waals surface area contributed by atoms with Crippen LogP contribution in [0.2, 0.25) is 0 Å². The number of anilines is 1. The number of hydrogen-bond acceptors (Lipinski definition) is 4. The summed E-state index contributed by atoms with van der Waals surface area (Å²) >= 11 is 0. The number of aliphatic hydroxyl groups excluding tert-OH is 1. The number of aromatic nitrogens is 3. The van der Waals surface area contributed by atoms with Gasteiger partial charge in [0.15, 0.2) is 6.10 Å². The molecule has 126 valence electrons. The number of hydrogen-bond donors (Lipinski definition) is 2. The Morgan fingerprint density at radius 3 is 2.62 bits per heavy atom. The Morgan fingerprint density at radius 1 is 1.17 bits per heavy atom. The van der Waals surface area contributed by atoms with Gasteiger partial charge in [-0.15, -0.1) is 0 Å². The van der Waals surface area contributed by atoms with Gasteiger partial charge in [0, 0.05) is 18.9 Å². The van der Waals surface area contributed by atoms with E-state index in [2.05, 4.69) is 15.0 Å². The zero-order valence-corrected chi connectivity index (χ0v) is 12.5. The molecule has 1 aromatic carbocycles. The monoisotopic (exact) mass is 336 g/mol. The van der Waals surface area contributed by atoms with Gasteiger partial charge in [-0.3, -0.25) is 4.98 Å². The summed E-state index contributed by atoms with van der Waals surface area (Å²) in [7, 11) is 0. The van der Waals surface area contributed by atoms with Crippen LogP contribution in [-0.2, 0) is 6.54 Å². The van der Waals surface area contributed by atoms with Crippen molar-refractivity contribution < 1.29 is 18.3 Å². The SMILES string of the molecule is O[C@H](CN(Cc1cccnc1)c1nc2ccccc2[nH]1)C(F)(F)F. The number of para-hydroxylation sites is 2. The Morgan fingerprint density at radius 2 is 1.96 bits per heavy atom. The maximum Gasteiger partial charge on any atom is 0.416 e. The summed E-state index contributed by atoms with van der Waals surface area (Å²) in [5, 5.41) is 9.45. The smallest absolute Gasteiger partial charge is 0.382 e. The third-order valence-corrected chi connectivity index (χ3v) is 3.54. The molecule has 0 radical (unpaired) electrons. The van der Waals surface area contributed by atoms with Crippen LogP contribution in [0, 0.1) is 0 Å². The topological polar surface area (TPSA) is 65.0 Å². The van der Waals surface area contributed by atoms with Crippen LogP contribution in [0.4, 0.5) is 19.1 Å². The average Bonchev–Trinajstić information content (AvgIpc) is 2.98. The second-order valence-corrected chi connectivity index (χ2v) is 5.38. The Bertz CT molecular complexity index is 771. The lowest BCUT2D eigenvalue weighted by atomic mass is 10.2. The summed E-state index contributed by atoms with van der Waals surface area (Å²) < 4.78 is 38.2. The van der Waals surface area contributed by atoms with Crippen molar-refractivity contribution in [1.29, 1.82) is 0 Å². The number of imidazole rings is 1. The summed E-state index contributed by atoms with van der Waals surface area (Å²) in [6.07, 6.45) is -4.02. The Labute approximate surface area is 135 Å². The van der Waals surface area contributed by atoms with E-state index >= 15 is 0 Å². The van der Waals surface area contributed by atoms with Gasteiger partial charge in [-0.25, -0.2) is 4.98 Å². The van der Waals surface area contributed by atoms with E-state index in [4.69, 9.17) is 0 Å². The highest BCUT2D eigenvalue weighted by atomic mass is 19.4. The molecular weight excluding hydrogens is 321 g/mol. The molecule has 2 heterocycles. The lowest BCUT2D eigenvalue weighted by Crippen LogP contribution is -2.41. The first-order valence-corrected chi connectivity index (χ1v) is 7.27. The zero-order valence-electron chi connectivity index (χ0n) is 12.5. The van der Waals surface area contributed by atoms with Crippen molar-refractivity contribution in [3.8, 4) is 0 Å². The first kappa shape index (κ1) is 16.3. The number of pyridine rings is 1. The summed E-state index contributed by atoms with van der Waals surface area (Å²) in [5.74, 6) is 0.267. The fourth-order valence-corrected chi connectivity index (χ4v) is 2.34. The van der Waals surface area contributed by atoms with Gasteiger partial charge in [0.1, 0.15) is 0 Å². The number of H-pyrrole nitrogens is 1. The first-order valence-electron chi connectivity index (χ1n) is 7.27. The standard InChI is InChI=1S/C16H15F3N4O/c17-16(18,19)14(24)10-23(9-11-4-3-7-20-8-11)15-21-12-5-1-2-6-13(12)22-15/h1-8,14,24H,9-10H2,(H,21,22)/t14-/m1/s1. The molecule has 0 saturated carbocycles. The third-order valence-electron chi connectivity index (χ3n) is 3.54. The number of nitrogens with zero attached hydrogens (tertiary/aromatic N) is 3. The van der Waals surface area contributed by atoms with Crippen molar-refractivity contribution in [2.45, 2.75) is 18.8 Å². The van der Waals surface area contributed by atoms with Gasteiger partial charge in [0.25, 0.3) is 0 Å². The molecule has 5 nitrogen and oxygen atoms in total. The quantitative estimate of drug-likeness (QED) is 0.752. The van der Waals surface area contributed by atoms with Crippen LogP contribution in [0.15, 0.2) is 48.8 Å². The molecule has 3 aromatic rings. The normalized spacial score (nSPS) is 13.2. The van der Waals surface area contributed by atoms with Gasteiger partial charge in [0.2, 0.25) is 5.95 Å². The van der Waals surface area contributed by atoms with Crippen LogP contribution in [0.5, 0.6) is 0 Å². The summed E-state index contributed by atoms with van der Waals surface area (Å²) in [5.41, 5.74) is 2.07. The molecule has 0 spiro atoms. The van der Waals surface area contributed by atoms with Gasteiger partial charge in [-0.1, -0.05) is 18.2 Å². The molecule has 0 saturated heterocycles. The number of alkyl halides is 3. The molecule has 0 aliphatic carbocycles. The van der Waals surface area contributed by atoms with Crippen molar-refractivity contribution in [3.05, 3.63) is 54.4 Å². The van der Waals surface area contributed by atoms with Gasteiger partial charge in [0.05, 0.1) is 17.6 Å². The molecule has 2 N–H and O–H groups in total.